The molecule has 0 fully saturated rings. The second-order valence-corrected chi connectivity index (χ2v) is 3.71. The average molecular weight is 284 g/mol. The van der Waals surface area contributed by atoms with E-state index in [0.29, 0.717) is 0 Å². The Labute approximate surface area is 111 Å². The van der Waals surface area contributed by atoms with Crippen LogP contribution >= 0.6 is 0 Å². The molecule has 0 saturated heterocycles. The van der Waals surface area contributed by atoms with E-state index in [1.165, 1.54) is 7.11 Å². The molecule has 2 aromatic carbocycles. The van der Waals surface area contributed by atoms with Crippen LogP contribution < -0.4 is 4.74 Å². The molecule has 0 unspecified atom stereocenters. The van der Waals surface area contributed by atoms with Crippen LogP contribution in [0, 0.1) is 23.3 Å². The third-order valence-electron chi connectivity index (χ3n) is 2.41. The molecule has 0 heterocycles. The van der Waals surface area contributed by atoms with Crippen molar-refractivity contribution in [2.75, 3.05) is 7.11 Å². The monoisotopic (exact) mass is 284 g/mol. The van der Waals surface area contributed by atoms with Crippen molar-refractivity contribution in [2.45, 2.75) is 0 Å². The van der Waals surface area contributed by atoms with E-state index in [2.05, 4.69) is 15.0 Å². The molecule has 0 aromatic heterocycles. The lowest BCUT2D eigenvalue weighted by atomic mass is 10.3. The molecule has 0 atom stereocenters. The first-order chi connectivity index (χ1) is 9.52. The van der Waals surface area contributed by atoms with E-state index in [4.69, 9.17) is 0 Å². The summed E-state index contributed by atoms with van der Waals surface area (Å²) in [5.74, 6) is -4.12. The third kappa shape index (κ3) is 2.76. The van der Waals surface area contributed by atoms with Crippen LogP contribution in [0.15, 0.2) is 40.6 Å². The Morgan fingerprint density at radius 2 is 1.25 bits per heavy atom. The molecule has 0 saturated carbocycles. The van der Waals surface area contributed by atoms with Gasteiger partial charge in [0.25, 0.3) is 0 Å². The Balaban J connectivity index is 2.42. The summed E-state index contributed by atoms with van der Waals surface area (Å²) in [7, 11) is 1.24. The van der Waals surface area contributed by atoms with E-state index in [0.717, 1.165) is 30.3 Å². The summed E-state index contributed by atoms with van der Waals surface area (Å²) in [6.45, 7) is 0. The zero-order valence-corrected chi connectivity index (χ0v) is 10.2. The van der Waals surface area contributed by atoms with Gasteiger partial charge in [-0.3, -0.25) is 0 Å². The van der Waals surface area contributed by atoms with Gasteiger partial charge < -0.3 is 4.74 Å². The van der Waals surface area contributed by atoms with Crippen LogP contribution in [0.3, 0.4) is 0 Å². The van der Waals surface area contributed by atoms with Crippen molar-refractivity contribution >= 4 is 11.4 Å². The first-order valence-corrected chi connectivity index (χ1v) is 5.41. The van der Waals surface area contributed by atoms with Gasteiger partial charge in [-0.1, -0.05) is 6.07 Å². The Kier molecular flexibility index (Phi) is 3.97. The molecule has 0 N–H and O–H groups in total. The fourth-order valence-corrected chi connectivity index (χ4v) is 1.44. The molecule has 0 bridgehead atoms. The molecule has 2 aromatic rings. The van der Waals surface area contributed by atoms with Crippen LogP contribution in [0.5, 0.6) is 5.75 Å². The van der Waals surface area contributed by atoms with Gasteiger partial charge in [0.1, 0.15) is 5.75 Å². The maximum absolute atomic E-state index is 13.5. The predicted octanol–water partition coefficient (Wildman–Crippen LogP) is 4.67. The Morgan fingerprint density at radius 1 is 0.800 bits per heavy atom. The van der Waals surface area contributed by atoms with Crippen LogP contribution in [0.2, 0.25) is 0 Å². The quantitative estimate of drug-likeness (QED) is 0.595. The van der Waals surface area contributed by atoms with E-state index in [1.54, 1.807) is 0 Å². The lowest BCUT2D eigenvalue weighted by molar-refractivity contribution is 0.407. The fraction of sp³-hybridized carbons (Fsp3) is 0.0769. The largest absolute Gasteiger partial charge is 0.497 e. The molecule has 0 amide bonds. The second kappa shape index (κ2) is 5.68. The van der Waals surface area contributed by atoms with Crippen LogP contribution in [-0.4, -0.2) is 7.11 Å². The molecule has 3 nitrogen and oxygen atoms in total. The molecule has 20 heavy (non-hydrogen) atoms. The van der Waals surface area contributed by atoms with Gasteiger partial charge in [-0.15, -0.1) is 10.2 Å². The molecule has 104 valence electrons. The van der Waals surface area contributed by atoms with Crippen LogP contribution in [-0.2, 0) is 0 Å². The topological polar surface area (TPSA) is 34.0 Å². The van der Waals surface area contributed by atoms with Crippen molar-refractivity contribution in [1.29, 1.82) is 0 Å². The number of halogens is 4. The molecular weight excluding hydrogens is 276 g/mol. The van der Waals surface area contributed by atoms with Crippen LogP contribution in [0.25, 0.3) is 0 Å². The summed E-state index contributed by atoms with van der Waals surface area (Å²) >= 11 is 0. The van der Waals surface area contributed by atoms with Crippen molar-refractivity contribution in [3.8, 4) is 5.75 Å². The molecular formula is C13H8F4N2O. The number of rotatable bonds is 3. The van der Waals surface area contributed by atoms with Gasteiger partial charge in [0.05, 0.1) is 7.11 Å². The first-order valence-electron chi connectivity index (χ1n) is 5.41. The summed E-state index contributed by atoms with van der Waals surface area (Å²) in [6, 6.07) is 4.82. The molecule has 0 radical (unpaired) electrons. The van der Waals surface area contributed by atoms with Crippen LogP contribution in [0.1, 0.15) is 0 Å². The highest BCUT2D eigenvalue weighted by atomic mass is 19.1. The number of ether oxygens (including phenoxy) is 1. The molecule has 0 spiro atoms. The van der Waals surface area contributed by atoms with E-state index in [-0.39, 0.29) is 5.75 Å². The lowest BCUT2D eigenvalue weighted by Gasteiger charge is -2.03. The number of nitrogens with zero attached hydrogens (tertiary/aromatic N) is 2. The number of benzene rings is 2. The van der Waals surface area contributed by atoms with E-state index >= 15 is 0 Å². The predicted molar refractivity (Wildman–Crippen MR) is 63.4 cm³/mol. The van der Waals surface area contributed by atoms with Gasteiger partial charge in [0.2, 0.25) is 0 Å². The van der Waals surface area contributed by atoms with Gasteiger partial charge in [0, 0.05) is 12.1 Å². The number of azo groups is 1. The average Bonchev–Trinajstić information content (AvgIpc) is 2.40. The maximum Gasteiger partial charge on any atom is 0.157 e. The van der Waals surface area contributed by atoms with Crippen molar-refractivity contribution in [3.05, 3.63) is 53.6 Å². The highest BCUT2D eigenvalue weighted by Crippen LogP contribution is 2.30. The summed E-state index contributed by atoms with van der Waals surface area (Å²) in [6.07, 6.45) is 0. The highest BCUT2D eigenvalue weighted by Gasteiger charge is 2.13. The number of methoxy groups -OCH3 is 1. The minimum atomic E-state index is -1.05. The van der Waals surface area contributed by atoms with Crippen molar-refractivity contribution in [1.82, 2.24) is 0 Å². The molecule has 7 heteroatoms. The molecule has 0 aliphatic rings. The van der Waals surface area contributed by atoms with Gasteiger partial charge in [-0.2, -0.15) is 0 Å². The fourth-order valence-electron chi connectivity index (χ4n) is 1.44. The Hall–Kier alpha value is -2.44. The second-order valence-electron chi connectivity index (χ2n) is 3.71. The van der Waals surface area contributed by atoms with E-state index in [9.17, 15) is 17.6 Å². The minimum absolute atomic E-state index is 0.0453. The highest BCUT2D eigenvalue weighted by molar-refractivity contribution is 5.46. The van der Waals surface area contributed by atoms with Crippen molar-refractivity contribution < 1.29 is 22.3 Å². The van der Waals surface area contributed by atoms with Crippen LogP contribution in [0.4, 0.5) is 28.9 Å². The number of hydrogen-bond donors (Lipinski definition) is 0. The molecule has 0 aliphatic heterocycles. The van der Waals surface area contributed by atoms with Crippen molar-refractivity contribution in [2.24, 2.45) is 10.2 Å². The summed E-state index contributed by atoms with van der Waals surface area (Å²) in [5.41, 5.74) is -1.48. The molecule has 0 aliphatic carbocycles. The summed E-state index contributed by atoms with van der Waals surface area (Å²) in [4.78, 5) is 0. The maximum atomic E-state index is 13.5. The normalized spacial score (nSPS) is 11.1. The van der Waals surface area contributed by atoms with Crippen molar-refractivity contribution in [3.63, 3.8) is 0 Å². The lowest BCUT2D eigenvalue weighted by Crippen LogP contribution is -1.88. The first kappa shape index (κ1) is 14.0. The van der Waals surface area contributed by atoms with Gasteiger partial charge in [-0.05, 0) is 12.1 Å². The van der Waals surface area contributed by atoms with Gasteiger partial charge in [0.15, 0.2) is 34.6 Å². The third-order valence-corrected chi connectivity index (χ3v) is 2.41. The SMILES string of the molecule is COc1cc(F)c(N=Nc2c(F)cccc2F)c(F)c1. The minimum Gasteiger partial charge on any atom is -0.497 e. The van der Waals surface area contributed by atoms with E-state index < -0.39 is 34.6 Å². The summed E-state index contributed by atoms with van der Waals surface area (Å²) < 4.78 is 58.3. The number of hydrogen-bond acceptors (Lipinski definition) is 3. The smallest absolute Gasteiger partial charge is 0.157 e. The zero-order chi connectivity index (χ0) is 14.7. The van der Waals surface area contributed by atoms with Gasteiger partial charge in [-0.25, -0.2) is 17.6 Å². The Bertz CT molecular complexity index is 630. The van der Waals surface area contributed by atoms with E-state index in [1.807, 2.05) is 0 Å². The zero-order valence-electron chi connectivity index (χ0n) is 10.2. The van der Waals surface area contributed by atoms with Gasteiger partial charge >= 0.3 is 0 Å². The molecule has 2 rings (SSSR count). The standard InChI is InChI=1S/C13H8F4N2O/c1-20-7-5-10(16)13(11(17)6-7)19-18-12-8(14)3-2-4-9(12)15/h2-6H,1H3. The Morgan fingerprint density at radius 3 is 1.70 bits per heavy atom. The summed E-state index contributed by atoms with van der Waals surface area (Å²) in [5, 5.41) is 6.42.